The highest BCUT2D eigenvalue weighted by Crippen LogP contribution is 2.37. The Morgan fingerprint density at radius 3 is 2.81 bits per heavy atom. The number of fused-ring (bicyclic) bond motifs is 3. The van der Waals surface area contributed by atoms with Crippen LogP contribution in [0.2, 0.25) is 0 Å². The smallest absolute Gasteiger partial charge is 0.259 e. The standard InChI is InChI=1S/C20H30N4OS.ClH/c1-11-5-6-13-14(9-11)26-19-16(13)18(25)22-17(23-19)12(2)24-8-7-15(21)20(3,4)10-24;/h11-12,15H,5-10,21H2,1-4H3,(H,22,23,25);1H. The summed E-state index contributed by atoms with van der Waals surface area (Å²) in [5.41, 5.74) is 7.65. The molecule has 0 amide bonds. The molecule has 5 nitrogen and oxygen atoms in total. The van der Waals surface area contributed by atoms with Crippen LogP contribution in [0.5, 0.6) is 0 Å². The van der Waals surface area contributed by atoms with Gasteiger partial charge in [0.1, 0.15) is 10.7 Å². The fraction of sp³-hybridized carbons (Fsp3) is 0.700. The van der Waals surface area contributed by atoms with Crippen molar-refractivity contribution in [3.05, 3.63) is 26.6 Å². The molecular formula is C20H31ClN4OS. The van der Waals surface area contributed by atoms with Gasteiger partial charge in [0.2, 0.25) is 0 Å². The molecule has 4 rings (SSSR count). The van der Waals surface area contributed by atoms with Crippen molar-refractivity contribution in [1.29, 1.82) is 0 Å². The molecule has 0 aromatic carbocycles. The predicted octanol–water partition coefficient (Wildman–Crippen LogP) is 3.65. The Kier molecular flexibility index (Phi) is 5.75. The maximum Gasteiger partial charge on any atom is 0.259 e. The summed E-state index contributed by atoms with van der Waals surface area (Å²) in [5.74, 6) is 1.49. The highest BCUT2D eigenvalue weighted by molar-refractivity contribution is 7.18. The van der Waals surface area contributed by atoms with E-state index in [4.69, 9.17) is 10.7 Å². The van der Waals surface area contributed by atoms with Gasteiger partial charge in [-0.05, 0) is 49.5 Å². The number of aromatic nitrogens is 2. The van der Waals surface area contributed by atoms with Crippen LogP contribution in [0.1, 0.15) is 62.8 Å². The number of nitrogens with two attached hydrogens (primary N) is 1. The molecule has 3 heterocycles. The monoisotopic (exact) mass is 410 g/mol. The fourth-order valence-electron chi connectivity index (χ4n) is 4.48. The molecule has 2 aliphatic rings. The summed E-state index contributed by atoms with van der Waals surface area (Å²) in [6, 6.07) is 0.323. The summed E-state index contributed by atoms with van der Waals surface area (Å²) in [6.07, 6.45) is 4.24. The van der Waals surface area contributed by atoms with Gasteiger partial charge >= 0.3 is 0 Å². The van der Waals surface area contributed by atoms with Crippen LogP contribution < -0.4 is 11.3 Å². The number of aryl methyl sites for hydroxylation is 1. The lowest BCUT2D eigenvalue weighted by atomic mass is 9.79. The first-order valence-electron chi connectivity index (χ1n) is 9.80. The van der Waals surface area contributed by atoms with Crippen molar-refractivity contribution in [3.8, 4) is 0 Å². The molecule has 27 heavy (non-hydrogen) atoms. The van der Waals surface area contributed by atoms with Crippen molar-refractivity contribution < 1.29 is 0 Å². The van der Waals surface area contributed by atoms with Crippen molar-refractivity contribution >= 4 is 34.0 Å². The summed E-state index contributed by atoms with van der Waals surface area (Å²) in [5, 5.41) is 0.842. The first-order valence-corrected chi connectivity index (χ1v) is 10.6. The first-order chi connectivity index (χ1) is 12.3. The average Bonchev–Trinajstić information content (AvgIpc) is 2.94. The zero-order valence-electron chi connectivity index (χ0n) is 16.7. The summed E-state index contributed by atoms with van der Waals surface area (Å²) >= 11 is 1.73. The van der Waals surface area contributed by atoms with Crippen LogP contribution in [0.4, 0.5) is 0 Å². The number of halogens is 1. The Hall–Kier alpha value is -0.950. The molecule has 0 saturated carbocycles. The van der Waals surface area contributed by atoms with E-state index >= 15 is 0 Å². The maximum absolute atomic E-state index is 12.9. The molecule has 0 radical (unpaired) electrons. The molecule has 1 aliphatic carbocycles. The Morgan fingerprint density at radius 2 is 2.11 bits per heavy atom. The van der Waals surface area contributed by atoms with E-state index in [1.807, 2.05) is 0 Å². The largest absolute Gasteiger partial charge is 0.327 e. The topological polar surface area (TPSA) is 75.0 Å². The van der Waals surface area contributed by atoms with Gasteiger partial charge in [0, 0.05) is 24.0 Å². The highest BCUT2D eigenvalue weighted by Gasteiger charge is 2.36. The summed E-state index contributed by atoms with van der Waals surface area (Å²) in [6.45, 7) is 10.8. The van der Waals surface area contributed by atoms with Gasteiger partial charge in [0.15, 0.2) is 0 Å². The minimum atomic E-state index is 0. The summed E-state index contributed by atoms with van der Waals surface area (Å²) in [4.78, 5) is 25.5. The van der Waals surface area contributed by atoms with Crippen molar-refractivity contribution in [2.75, 3.05) is 13.1 Å². The molecule has 3 N–H and O–H groups in total. The number of likely N-dealkylation sites (tertiary alicyclic amines) is 1. The lowest BCUT2D eigenvalue weighted by molar-refractivity contribution is 0.0636. The van der Waals surface area contributed by atoms with E-state index < -0.39 is 0 Å². The molecule has 7 heteroatoms. The molecule has 0 spiro atoms. The number of rotatable bonds is 2. The van der Waals surface area contributed by atoms with Gasteiger partial charge in [-0.15, -0.1) is 23.7 Å². The van der Waals surface area contributed by atoms with Crippen LogP contribution in [0.15, 0.2) is 4.79 Å². The van der Waals surface area contributed by atoms with E-state index in [1.165, 1.54) is 16.9 Å². The number of aromatic amines is 1. The van der Waals surface area contributed by atoms with Crippen LogP contribution >= 0.6 is 23.7 Å². The van der Waals surface area contributed by atoms with Crippen LogP contribution in [0.25, 0.3) is 10.2 Å². The van der Waals surface area contributed by atoms with Gasteiger partial charge in [0.05, 0.1) is 11.4 Å². The zero-order valence-corrected chi connectivity index (χ0v) is 18.3. The van der Waals surface area contributed by atoms with Gasteiger partial charge in [-0.25, -0.2) is 4.98 Å². The number of thiophene rings is 1. The van der Waals surface area contributed by atoms with Crippen molar-refractivity contribution in [2.45, 2.75) is 65.5 Å². The number of hydrogen-bond donors (Lipinski definition) is 2. The van der Waals surface area contributed by atoms with Gasteiger partial charge in [-0.3, -0.25) is 9.69 Å². The third-order valence-electron chi connectivity index (χ3n) is 6.47. The Balaban J connectivity index is 0.00000210. The van der Waals surface area contributed by atoms with E-state index in [0.29, 0.717) is 5.92 Å². The molecule has 2 aromatic heterocycles. The number of nitrogens with zero attached hydrogens (tertiary/aromatic N) is 2. The van der Waals surface area contributed by atoms with E-state index in [-0.39, 0.29) is 35.5 Å². The maximum atomic E-state index is 12.9. The lowest BCUT2D eigenvalue weighted by Gasteiger charge is -2.44. The Morgan fingerprint density at radius 1 is 1.37 bits per heavy atom. The summed E-state index contributed by atoms with van der Waals surface area (Å²) in [7, 11) is 0. The molecule has 2 aromatic rings. The van der Waals surface area contributed by atoms with Crippen LogP contribution in [0.3, 0.4) is 0 Å². The second-order valence-electron chi connectivity index (χ2n) is 9.01. The van der Waals surface area contributed by atoms with Crippen molar-refractivity contribution in [3.63, 3.8) is 0 Å². The van der Waals surface area contributed by atoms with Crippen molar-refractivity contribution in [1.82, 2.24) is 14.9 Å². The molecule has 0 bridgehead atoms. The van der Waals surface area contributed by atoms with E-state index in [2.05, 4.69) is 37.6 Å². The quantitative estimate of drug-likeness (QED) is 0.792. The minimum Gasteiger partial charge on any atom is -0.327 e. The second kappa shape index (κ2) is 7.47. The van der Waals surface area contributed by atoms with Gasteiger partial charge in [-0.2, -0.15) is 0 Å². The molecular weight excluding hydrogens is 380 g/mol. The minimum absolute atomic E-state index is 0. The van der Waals surface area contributed by atoms with Crippen LogP contribution in [-0.2, 0) is 12.8 Å². The molecule has 1 aliphatic heterocycles. The number of H-pyrrole nitrogens is 1. The lowest BCUT2D eigenvalue weighted by Crippen LogP contribution is -2.53. The first kappa shape index (κ1) is 20.8. The summed E-state index contributed by atoms with van der Waals surface area (Å²) < 4.78 is 0. The van der Waals surface area contributed by atoms with Gasteiger partial charge in [-0.1, -0.05) is 20.8 Å². The van der Waals surface area contributed by atoms with Crippen LogP contribution in [0, 0.1) is 11.3 Å². The number of piperidine rings is 1. The fourth-order valence-corrected chi connectivity index (χ4v) is 5.87. The molecule has 1 fully saturated rings. The van der Waals surface area contributed by atoms with Gasteiger partial charge in [0.25, 0.3) is 5.56 Å². The van der Waals surface area contributed by atoms with Gasteiger partial charge < -0.3 is 10.7 Å². The molecule has 3 atom stereocenters. The molecule has 3 unspecified atom stereocenters. The predicted molar refractivity (Wildman–Crippen MR) is 115 cm³/mol. The van der Waals surface area contributed by atoms with E-state index in [9.17, 15) is 4.79 Å². The second-order valence-corrected chi connectivity index (χ2v) is 10.1. The number of nitrogens with one attached hydrogen (secondary N) is 1. The Labute approximate surface area is 171 Å². The Bertz CT molecular complexity index is 890. The highest BCUT2D eigenvalue weighted by atomic mass is 35.5. The third kappa shape index (κ3) is 3.69. The third-order valence-corrected chi connectivity index (χ3v) is 7.62. The van der Waals surface area contributed by atoms with Crippen LogP contribution in [-0.4, -0.2) is 34.0 Å². The molecule has 150 valence electrons. The molecule has 1 saturated heterocycles. The SMILES string of the molecule is CC1CCc2c(sc3nc(C(C)N4CCC(N)C(C)(C)C4)[nH]c(=O)c23)C1.Cl. The van der Waals surface area contributed by atoms with Crippen molar-refractivity contribution in [2.24, 2.45) is 17.1 Å². The number of hydrogen-bond acceptors (Lipinski definition) is 5. The zero-order chi connectivity index (χ0) is 18.6. The normalized spacial score (nSPS) is 26.4. The average molecular weight is 411 g/mol. The van der Waals surface area contributed by atoms with E-state index in [1.54, 1.807) is 11.3 Å². The van der Waals surface area contributed by atoms with E-state index in [0.717, 1.165) is 48.4 Å².